The number of ether oxygens (including phenoxy) is 1. The van der Waals surface area contributed by atoms with Gasteiger partial charge in [-0.2, -0.15) is 0 Å². The van der Waals surface area contributed by atoms with Crippen molar-refractivity contribution >= 4 is 11.9 Å². The summed E-state index contributed by atoms with van der Waals surface area (Å²) in [5.41, 5.74) is 0.907. The van der Waals surface area contributed by atoms with Crippen LogP contribution < -0.4 is 5.32 Å². The van der Waals surface area contributed by atoms with Crippen LogP contribution in [0.3, 0.4) is 0 Å². The number of unbranched alkanes of at least 4 members (excludes halogenated alkanes) is 3. The van der Waals surface area contributed by atoms with Crippen LogP contribution >= 0.6 is 0 Å². The third-order valence-electron chi connectivity index (χ3n) is 3.78. The number of aliphatic imine (C=N–C) groups is 1. The Bertz CT molecular complexity index is 549. The van der Waals surface area contributed by atoms with Gasteiger partial charge in [-0.3, -0.25) is 9.79 Å². The monoisotopic (exact) mass is 351 g/mol. The minimum absolute atomic E-state index is 0.111. The molecule has 1 N–H and O–H groups in total. The number of hydrogen-bond acceptors (Lipinski definition) is 3. The molecule has 140 valence electrons. The minimum Gasteiger partial charge on any atom is -0.466 e. The highest BCUT2D eigenvalue weighted by atomic mass is 19.1. The molecule has 0 amide bonds. The maximum Gasteiger partial charge on any atom is 0.305 e. The number of nitrogens with zero attached hydrogens (tertiary/aromatic N) is 2. The van der Waals surface area contributed by atoms with E-state index in [1.807, 2.05) is 24.9 Å². The van der Waals surface area contributed by atoms with Crippen molar-refractivity contribution in [3.63, 3.8) is 0 Å². The summed E-state index contributed by atoms with van der Waals surface area (Å²) in [4.78, 5) is 17.5. The zero-order chi connectivity index (χ0) is 18.5. The largest absolute Gasteiger partial charge is 0.466 e. The summed E-state index contributed by atoms with van der Waals surface area (Å²) in [7, 11) is 3.67. The van der Waals surface area contributed by atoms with Crippen molar-refractivity contribution in [3.8, 4) is 0 Å². The van der Waals surface area contributed by atoms with Gasteiger partial charge in [0.2, 0.25) is 0 Å². The SMILES string of the molecule is CCOC(=O)CCCCCCNC(=NC)N(C)Cc1cccc(F)c1. The highest BCUT2D eigenvalue weighted by Gasteiger charge is 2.07. The fraction of sp³-hybridized carbons (Fsp3) is 0.579. The molecule has 0 aliphatic heterocycles. The summed E-state index contributed by atoms with van der Waals surface area (Å²) in [5, 5.41) is 3.31. The van der Waals surface area contributed by atoms with Crippen LogP contribution in [-0.2, 0) is 16.1 Å². The Morgan fingerprint density at radius 2 is 2.04 bits per heavy atom. The number of guanidine groups is 1. The number of nitrogens with one attached hydrogen (secondary N) is 1. The molecule has 1 aromatic carbocycles. The highest BCUT2D eigenvalue weighted by molar-refractivity contribution is 5.79. The smallest absolute Gasteiger partial charge is 0.305 e. The van der Waals surface area contributed by atoms with Gasteiger partial charge in [-0.05, 0) is 37.5 Å². The molecule has 0 radical (unpaired) electrons. The first-order valence-corrected chi connectivity index (χ1v) is 8.88. The predicted molar refractivity (Wildman–Crippen MR) is 98.9 cm³/mol. The molecular weight excluding hydrogens is 321 g/mol. The molecular formula is C19H30FN3O2. The van der Waals surface area contributed by atoms with E-state index >= 15 is 0 Å². The van der Waals surface area contributed by atoms with E-state index in [-0.39, 0.29) is 11.8 Å². The van der Waals surface area contributed by atoms with Crippen molar-refractivity contribution in [3.05, 3.63) is 35.6 Å². The molecule has 0 aliphatic rings. The standard InChI is InChI=1S/C19H30FN3O2/c1-4-25-18(24)12-7-5-6-8-13-22-19(21-2)23(3)15-16-10-9-11-17(20)14-16/h9-11,14H,4-8,12-13,15H2,1-3H3,(H,21,22). The molecule has 0 bridgehead atoms. The maximum atomic E-state index is 13.3. The van der Waals surface area contributed by atoms with Gasteiger partial charge in [0.05, 0.1) is 6.61 Å². The molecule has 0 heterocycles. The van der Waals surface area contributed by atoms with Crippen molar-refractivity contribution in [2.75, 3.05) is 27.2 Å². The lowest BCUT2D eigenvalue weighted by Crippen LogP contribution is -2.38. The van der Waals surface area contributed by atoms with E-state index in [1.54, 1.807) is 13.1 Å². The van der Waals surface area contributed by atoms with Gasteiger partial charge in [-0.15, -0.1) is 0 Å². The summed E-state index contributed by atoms with van der Waals surface area (Å²) in [6.07, 6.45) is 4.44. The Labute approximate surface area is 150 Å². The Hall–Kier alpha value is -2.11. The molecule has 5 nitrogen and oxygen atoms in total. The molecule has 1 rings (SSSR count). The number of carbonyl (C=O) groups is 1. The lowest BCUT2D eigenvalue weighted by atomic mass is 10.1. The van der Waals surface area contributed by atoms with Crippen LogP contribution in [0.2, 0.25) is 0 Å². The van der Waals surface area contributed by atoms with E-state index in [0.717, 1.165) is 43.8 Å². The molecule has 0 unspecified atom stereocenters. The Kier molecular flexibility index (Phi) is 10.3. The number of halogens is 1. The normalized spacial score (nSPS) is 11.3. The van der Waals surface area contributed by atoms with Gasteiger partial charge in [0, 0.05) is 33.6 Å². The molecule has 0 aromatic heterocycles. The van der Waals surface area contributed by atoms with Gasteiger partial charge in [0.15, 0.2) is 5.96 Å². The first-order chi connectivity index (χ1) is 12.1. The maximum absolute atomic E-state index is 13.3. The van der Waals surface area contributed by atoms with E-state index in [9.17, 15) is 9.18 Å². The lowest BCUT2D eigenvalue weighted by Gasteiger charge is -2.22. The minimum atomic E-state index is -0.225. The summed E-state index contributed by atoms with van der Waals surface area (Å²) < 4.78 is 18.2. The molecule has 1 aromatic rings. The molecule has 0 saturated heterocycles. The van der Waals surface area contributed by atoms with Gasteiger partial charge in [-0.25, -0.2) is 4.39 Å². The number of hydrogen-bond donors (Lipinski definition) is 1. The first-order valence-electron chi connectivity index (χ1n) is 8.88. The van der Waals surface area contributed by atoms with E-state index < -0.39 is 0 Å². The van der Waals surface area contributed by atoms with E-state index in [1.165, 1.54) is 12.1 Å². The summed E-state index contributed by atoms with van der Waals surface area (Å²) >= 11 is 0. The van der Waals surface area contributed by atoms with Crippen molar-refractivity contribution in [2.45, 2.75) is 45.6 Å². The second kappa shape index (κ2) is 12.3. The molecule has 0 saturated carbocycles. The third kappa shape index (κ3) is 9.08. The second-order valence-corrected chi connectivity index (χ2v) is 5.93. The predicted octanol–water partition coefficient (Wildman–Crippen LogP) is 3.35. The first kappa shape index (κ1) is 20.9. The Morgan fingerprint density at radius 3 is 2.72 bits per heavy atom. The zero-order valence-corrected chi connectivity index (χ0v) is 15.6. The van der Waals surface area contributed by atoms with Crippen LogP contribution in [0.1, 0.15) is 44.6 Å². The molecule has 0 aliphatic carbocycles. The average molecular weight is 351 g/mol. The van der Waals surface area contributed by atoms with Gasteiger partial charge in [-0.1, -0.05) is 25.0 Å². The lowest BCUT2D eigenvalue weighted by molar-refractivity contribution is -0.143. The topological polar surface area (TPSA) is 53.9 Å². The van der Waals surface area contributed by atoms with E-state index in [0.29, 0.717) is 19.6 Å². The van der Waals surface area contributed by atoms with E-state index in [2.05, 4.69) is 10.3 Å². The number of rotatable bonds is 10. The molecule has 0 fully saturated rings. The van der Waals surface area contributed by atoms with Crippen LogP contribution in [0.5, 0.6) is 0 Å². The molecule has 0 spiro atoms. The van der Waals surface area contributed by atoms with Crippen LogP contribution in [-0.4, -0.2) is 44.1 Å². The Balaban J connectivity index is 2.20. The van der Waals surface area contributed by atoms with Gasteiger partial charge in [0.1, 0.15) is 5.82 Å². The van der Waals surface area contributed by atoms with Gasteiger partial charge >= 0.3 is 5.97 Å². The van der Waals surface area contributed by atoms with Crippen molar-refractivity contribution < 1.29 is 13.9 Å². The summed E-state index contributed by atoms with van der Waals surface area (Å²) in [6.45, 7) is 3.68. The number of carbonyl (C=O) groups excluding carboxylic acids is 1. The fourth-order valence-corrected chi connectivity index (χ4v) is 2.55. The van der Waals surface area contributed by atoms with Crippen LogP contribution in [0.25, 0.3) is 0 Å². The van der Waals surface area contributed by atoms with Gasteiger partial charge in [0.25, 0.3) is 0 Å². The molecule has 6 heteroatoms. The summed E-state index contributed by atoms with van der Waals surface area (Å²) in [5.74, 6) is 0.451. The quantitative estimate of drug-likeness (QED) is 0.304. The van der Waals surface area contributed by atoms with Crippen molar-refractivity contribution in [1.82, 2.24) is 10.2 Å². The van der Waals surface area contributed by atoms with E-state index in [4.69, 9.17) is 4.74 Å². The average Bonchev–Trinajstić information content (AvgIpc) is 2.57. The van der Waals surface area contributed by atoms with Gasteiger partial charge < -0.3 is 15.0 Å². The van der Waals surface area contributed by atoms with Crippen molar-refractivity contribution in [2.24, 2.45) is 4.99 Å². The molecule has 0 atom stereocenters. The fourth-order valence-electron chi connectivity index (χ4n) is 2.55. The second-order valence-electron chi connectivity index (χ2n) is 5.93. The third-order valence-corrected chi connectivity index (χ3v) is 3.78. The number of benzene rings is 1. The summed E-state index contributed by atoms with van der Waals surface area (Å²) in [6, 6.07) is 6.59. The number of esters is 1. The Morgan fingerprint density at radius 1 is 1.28 bits per heavy atom. The van der Waals surface area contributed by atoms with Crippen LogP contribution in [0.4, 0.5) is 4.39 Å². The van der Waals surface area contributed by atoms with Crippen molar-refractivity contribution in [1.29, 1.82) is 0 Å². The van der Waals surface area contributed by atoms with Crippen LogP contribution in [0.15, 0.2) is 29.3 Å². The molecule has 25 heavy (non-hydrogen) atoms. The highest BCUT2D eigenvalue weighted by Crippen LogP contribution is 2.07. The zero-order valence-electron chi connectivity index (χ0n) is 15.6. The van der Waals surface area contributed by atoms with Crippen LogP contribution in [0, 0.1) is 5.82 Å².